The molecule has 0 atom stereocenters. The van der Waals surface area contributed by atoms with Gasteiger partial charge in [-0.3, -0.25) is 21.6 Å². The average Bonchev–Trinajstić information content (AvgIpc) is 2.51. The van der Waals surface area contributed by atoms with Crippen LogP contribution in [0.15, 0.2) is 18.2 Å². The van der Waals surface area contributed by atoms with Gasteiger partial charge >= 0.3 is 12.1 Å². The Morgan fingerprint density at radius 1 is 1.30 bits per heavy atom. The minimum Gasteiger partial charge on any atom is -0.493 e. The van der Waals surface area contributed by atoms with Gasteiger partial charge in [-0.2, -0.15) is 11.8 Å². The molecule has 0 spiro atoms. The Bertz CT molecular complexity index is 539. The van der Waals surface area contributed by atoms with Crippen LogP contribution in [0.1, 0.15) is 12.0 Å². The summed E-state index contributed by atoms with van der Waals surface area (Å²) in [6, 6.07) is 4.86. The van der Waals surface area contributed by atoms with Crippen LogP contribution < -0.4 is 26.3 Å². The van der Waals surface area contributed by atoms with Crippen molar-refractivity contribution in [2.75, 3.05) is 19.1 Å². The van der Waals surface area contributed by atoms with Gasteiger partial charge in [-0.25, -0.2) is 4.79 Å². The summed E-state index contributed by atoms with van der Waals surface area (Å²) in [7, 11) is 1.46. The molecule has 1 aromatic carbocycles. The van der Waals surface area contributed by atoms with Crippen molar-refractivity contribution in [2.24, 2.45) is 11.5 Å². The number of nitrogens with two attached hydrogens (primary N) is 2. The summed E-state index contributed by atoms with van der Waals surface area (Å²) in [5, 5.41) is 2.19. The lowest BCUT2D eigenvalue weighted by molar-refractivity contribution is -0.134. The Kier molecular flexibility index (Phi) is 8.23. The van der Waals surface area contributed by atoms with E-state index in [0.29, 0.717) is 29.2 Å². The number of carbonyl (C=O) groups is 2. The van der Waals surface area contributed by atoms with Crippen molar-refractivity contribution in [1.82, 2.24) is 5.32 Å². The van der Waals surface area contributed by atoms with Gasteiger partial charge in [0, 0.05) is 5.75 Å². The van der Waals surface area contributed by atoms with E-state index in [9.17, 15) is 9.59 Å². The Balaban J connectivity index is 2.65. The summed E-state index contributed by atoms with van der Waals surface area (Å²) < 4.78 is 15.4. The number of ether oxygens (including phenoxy) is 3. The monoisotopic (exact) mass is 343 g/mol. The minimum atomic E-state index is -0.986. The van der Waals surface area contributed by atoms with Crippen molar-refractivity contribution in [1.29, 1.82) is 0 Å². The number of esters is 1. The van der Waals surface area contributed by atoms with Gasteiger partial charge in [-0.15, -0.1) is 0 Å². The zero-order valence-corrected chi connectivity index (χ0v) is 13.9. The van der Waals surface area contributed by atoms with Crippen LogP contribution in [0.3, 0.4) is 0 Å². The van der Waals surface area contributed by atoms with Crippen LogP contribution in [-0.4, -0.2) is 37.5 Å². The second kappa shape index (κ2) is 9.93. The number of methoxy groups -OCH3 is 1. The second-order valence-corrected chi connectivity index (χ2v) is 5.43. The molecule has 8 nitrogen and oxygen atoms in total. The quantitative estimate of drug-likeness (QED) is 0.359. The molecular formula is C14H21N3O5S. The van der Waals surface area contributed by atoms with E-state index in [1.165, 1.54) is 7.11 Å². The van der Waals surface area contributed by atoms with Gasteiger partial charge in [0.05, 0.1) is 13.5 Å². The normalized spacial score (nSPS) is 10.3. The van der Waals surface area contributed by atoms with Gasteiger partial charge < -0.3 is 14.2 Å². The molecule has 0 saturated carbocycles. The van der Waals surface area contributed by atoms with E-state index in [1.807, 2.05) is 6.26 Å². The van der Waals surface area contributed by atoms with Crippen molar-refractivity contribution in [3.63, 3.8) is 0 Å². The maximum Gasteiger partial charge on any atom is 0.409 e. The minimum absolute atomic E-state index is 0.00435. The first-order valence-electron chi connectivity index (χ1n) is 6.77. The highest BCUT2D eigenvalue weighted by molar-refractivity contribution is 7.98. The molecule has 0 unspecified atom stereocenters. The molecule has 0 aliphatic rings. The van der Waals surface area contributed by atoms with E-state index < -0.39 is 12.4 Å². The Labute approximate surface area is 138 Å². The molecule has 0 bridgehead atoms. The third-order valence-corrected chi connectivity index (χ3v) is 3.23. The fraction of sp³-hybridized carbons (Fsp3) is 0.429. The highest BCUT2D eigenvalue weighted by atomic mass is 32.2. The summed E-state index contributed by atoms with van der Waals surface area (Å²) in [5.41, 5.74) is 11.1. The molecule has 0 fully saturated rings. The molecule has 23 heavy (non-hydrogen) atoms. The standard InChI is InChI=1S/C14H21N3O5S/c1-20-11-7-9(8-21-14(19)17-13(15)16)3-4-10(11)22-12(18)5-6-23-2/h3-4,7,13H,5-6,8,15-16H2,1-2H3,(H,17,19). The Morgan fingerprint density at radius 3 is 2.65 bits per heavy atom. The zero-order chi connectivity index (χ0) is 17.2. The lowest BCUT2D eigenvalue weighted by Gasteiger charge is -2.12. The van der Waals surface area contributed by atoms with Crippen LogP contribution in [0.25, 0.3) is 0 Å². The summed E-state index contributed by atoms with van der Waals surface area (Å²) in [5.74, 6) is 1.04. The van der Waals surface area contributed by atoms with Crippen molar-refractivity contribution in [3.05, 3.63) is 23.8 Å². The third-order valence-electron chi connectivity index (χ3n) is 2.62. The number of benzene rings is 1. The highest BCUT2D eigenvalue weighted by Crippen LogP contribution is 2.28. The predicted octanol–water partition coefficient (Wildman–Crippen LogP) is 0.781. The highest BCUT2D eigenvalue weighted by Gasteiger charge is 2.12. The number of nitrogens with one attached hydrogen (secondary N) is 1. The number of alkyl carbamates (subject to hydrolysis) is 1. The molecule has 0 aliphatic carbocycles. The topological polar surface area (TPSA) is 126 Å². The Morgan fingerprint density at radius 2 is 2.04 bits per heavy atom. The molecule has 9 heteroatoms. The van der Waals surface area contributed by atoms with Crippen molar-refractivity contribution < 1.29 is 23.8 Å². The average molecular weight is 343 g/mol. The fourth-order valence-corrected chi connectivity index (χ4v) is 1.94. The summed E-state index contributed by atoms with van der Waals surface area (Å²) in [4.78, 5) is 22.9. The molecule has 0 aliphatic heterocycles. The lowest BCUT2D eigenvalue weighted by Crippen LogP contribution is -2.48. The van der Waals surface area contributed by atoms with E-state index in [4.69, 9.17) is 25.7 Å². The first-order chi connectivity index (χ1) is 11.0. The van der Waals surface area contributed by atoms with Crippen molar-refractivity contribution in [2.45, 2.75) is 19.3 Å². The van der Waals surface area contributed by atoms with Crippen LogP contribution in [0.5, 0.6) is 11.5 Å². The predicted molar refractivity (Wildman–Crippen MR) is 87.1 cm³/mol. The maximum atomic E-state index is 11.6. The van der Waals surface area contributed by atoms with E-state index in [1.54, 1.807) is 30.0 Å². The van der Waals surface area contributed by atoms with E-state index >= 15 is 0 Å². The first-order valence-corrected chi connectivity index (χ1v) is 8.16. The molecule has 0 heterocycles. The van der Waals surface area contributed by atoms with Gasteiger partial charge in [0.15, 0.2) is 11.5 Å². The number of rotatable bonds is 8. The lowest BCUT2D eigenvalue weighted by atomic mass is 10.2. The Hall–Kier alpha value is -1.97. The largest absolute Gasteiger partial charge is 0.493 e. The molecule has 1 rings (SSSR count). The van der Waals surface area contributed by atoms with Crippen LogP contribution in [-0.2, 0) is 16.1 Å². The summed E-state index contributed by atoms with van der Waals surface area (Å²) in [6.45, 7) is -0.00435. The van der Waals surface area contributed by atoms with Gasteiger partial charge in [-0.05, 0) is 24.0 Å². The zero-order valence-electron chi connectivity index (χ0n) is 13.0. The van der Waals surface area contributed by atoms with Gasteiger partial charge in [0.1, 0.15) is 12.9 Å². The first kappa shape index (κ1) is 19.1. The van der Waals surface area contributed by atoms with Gasteiger partial charge in [-0.1, -0.05) is 6.07 Å². The SMILES string of the molecule is COc1cc(COC(=O)NC(N)N)ccc1OC(=O)CCSC. The fourth-order valence-electron chi connectivity index (χ4n) is 1.57. The molecule has 0 radical (unpaired) electrons. The van der Waals surface area contributed by atoms with Crippen LogP contribution in [0.4, 0.5) is 4.79 Å². The molecule has 1 amide bonds. The van der Waals surface area contributed by atoms with Crippen molar-refractivity contribution >= 4 is 23.8 Å². The molecule has 1 aromatic rings. The van der Waals surface area contributed by atoms with E-state index in [-0.39, 0.29) is 12.6 Å². The molecule has 128 valence electrons. The molecular weight excluding hydrogens is 322 g/mol. The number of hydrogen-bond donors (Lipinski definition) is 3. The van der Waals surface area contributed by atoms with Crippen LogP contribution in [0.2, 0.25) is 0 Å². The third kappa shape index (κ3) is 7.22. The number of thioether (sulfide) groups is 1. The number of carbonyl (C=O) groups excluding carboxylic acids is 2. The molecule has 5 N–H and O–H groups in total. The van der Waals surface area contributed by atoms with Crippen LogP contribution in [0, 0.1) is 0 Å². The molecule has 0 aromatic heterocycles. The number of hydrogen-bond acceptors (Lipinski definition) is 8. The molecule has 0 saturated heterocycles. The smallest absolute Gasteiger partial charge is 0.409 e. The maximum absolute atomic E-state index is 11.6. The van der Waals surface area contributed by atoms with E-state index in [2.05, 4.69) is 5.32 Å². The summed E-state index contributed by atoms with van der Waals surface area (Å²) in [6.07, 6.45) is 0.511. The summed E-state index contributed by atoms with van der Waals surface area (Å²) >= 11 is 1.56. The number of amides is 1. The van der Waals surface area contributed by atoms with Crippen LogP contribution >= 0.6 is 11.8 Å². The second-order valence-electron chi connectivity index (χ2n) is 4.45. The van der Waals surface area contributed by atoms with Crippen molar-refractivity contribution in [3.8, 4) is 11.5 Å². The van der Waals surface area contributed by atoms with E-state index in [0.717, 1.165) is 0 Å². The van der Waals surface area contributed by atoms with Gasteiger partial charge in [0.2, 0.25) is 0 Å². The van der Waals surface area contributed by atoms with Gasteiger partial charge in [0.25, 0.3) is 0 Å².